The summed E-state index contributed by atoms with van der Waals surface area (Å²) in [4.78, 5) is 10.6. The fourth-order valence-electron chi connectivity index (χ4n) is 2.58. The van der Waals surface area contributed by atoms with E-state index in [4.69, 9.17) is 4.84 Å². The van der Waals surface area contributed by atoms with Gasteiger partial charge in [0.25, 0.3) is 0 Å². The van der Waals surface area contributed by atoms with Crippen LogP contribution in [-0.4, -0.2) is 11.5 Å². The van der Waals surface area contributed by atoms with Gasteiger partial charge in [-0.2, -0.15) is 0 Å². The van der Waals surface area contributed by atoms with E-state index in [0.29, 0.717) is 0 Å². The number of anilines is 1. The number of hydrogen-bond donors (Lipinski definition) is 0. The summed E-state index contributed by atoms with van der Waals surface area (Å²) in [5.74, 6) is 0.863. The maximum atomic E-state index is 6.22. The number of hydrogen-bond acceptors (Lipinski definition) is 3. The lowest BCUT2D eigenvalue weighted by molar-refractivity contribution is 0.0464. The number of aromatic nitrogens is 1. The largest absolute Gasteiger partial charge is 0.259 e. The molecule has 3 rings (SSSR count). The van der Waals surface area contributed by atoms with Gasteiger partial charge in [-0.1, -0.05) is 43.3 Å². The molecular formula is C18H20N2O. The number of benzene rings is 1. The van der Waals surface area contributed by atoms with Crippen LogP contribution in [0.4, 0.5) is 5.82 Å². The van der Waals surface area contributed by atoms with Crippen LogP contribution in [0, 0.1) is 6.92 Å². The van der Waals surface area contributed by atoms with Crippen molar-refractivity contribution in [2.75, 3.05) is 11.6 Å². The van der Waals surface area contributed by atoms with Gasteiger partial charge in [-0.05, 0) is 42.2 Å². The highest BCUT2D eigenvalue weighted by Gasteiger charge is 2.25. The molecule has 1 aliphatic rings. The average Bonchev–Trinajstić information content (AvgIpc) is 2.55. The van der Waals surface area contributed by atoms with Crippen molar-refractivity contribution in [1.82, 2.24) is 4.98 Å². The second-order valence-corrected chi connectivity index (χ2v) is 5.28. The first-order valence-corrected chi connectivity index (χ1v) is 7.38. The van der Waals surface area contributed by atoms with Crippen LogP contribution in [0.15, 0.2) is 60.3 Å². The molecule has 0 unspecified atom stereocenters. The lowest BCUT2D eigenvalue weighted by Crippen LogP contribution is -2.32. The Morgan fingerprint density at radius 1 is 1.24 bits per heavy atom. The predicted molar refractivity (Wildman–Crippen MR) is 85.0 cm³/mol. The molecular weight excluding hydrogens is 260 g/mol. The zero-order valence-electron chi connectivity index (χ0n) is 12.5. The molecule has 0 N–H and O–H groups in total. The van der Waals surface area contributed by atoms with Gasteiger partial charge in [-0.25, -0.2) is 10.0 Å². The van der Waals surface area contributed by atoms with E-state index in [9.17, 15) is 0 Å². The summed E-state index contributed by atoms with van der Waals surface area (Å²) in [6.45, 7) is 4.98. The first kappa shape index (κ1) is 13.8. The zero-order chi connectivity index (χ0) is 14.7. The molecule has 108 valence electrons. The number of pyridine rings is 1. The molecule has 21 heavy (non-hydrogen) atoms. The number of hydroxylamine groups is 1. The highest BCUT2D eigenvalue weighted by Crippen LogP contribution is 2.33. The van der Waals surface area contributed by atoms with Crippen LogP contribution < -0.4 is 5.06 Å². The molecule has 0 bridgehead atoms. The van der Waals surface area contributed by atoms with E-state index in [1.54, 1.807) is 0 Å². The molecule has 0 amide bonds. The van der Waals surface area contributed by atoms with Crippen molar-refractivity contribution < 1.29 is 4.84 Å². The topological polar surface area (TPSA) is 25.4 Å². The summed E-state index contributed by atoms with van der Waals surface area (Å²) in [6.07, 6.45) is 5.05. The lowest BCUT2D eigenvalue weighted by Gasteiger charge is -2.33. The highest BCUT2D eigenvalue weighted by atomic mass is 16.7. The van der Waals surface area contributed by atoms with Gasteiger partial charge in [0.2, 0.25) is 0 Å². The van der Waals surface area contributed by atoms with Crippen molar-refractivity contribution in [3.63, 3.8) is 0 Å². The fourth-order valence-corrected chi connectivity index (χ4v) is 2.58. The third-order valence-electron chi connectivity index (χ3n) is 3.76. The first-order valence-electron chi connectivity index (χ1n) is 7.38. The molecule has 3 heteroatoms. The number of rotatable bonds is 3. The molecule has 0 aliphatic carbocycles. The van der Waals surface area contributed by atoms with Gasteiger partial charge in [0, 0.05) is 6.20 Å². The Kier molecular flexibility index (Phi) is 4.02. The normalized spacial score (nSPS) is 18.5. The molecule has 1 aliphatic heterocycles. The van der Waals surface area contributed by atoms with Gasteiger partial charge in [0.05, 0.1) is 6.54 Å². The van der Waals surface area contributed by atoms with E-state index in [1.165, 1.54) is 16.7 Å². The average molecular weight is 280 g/mol. The Bertz CT molecular complexity index is 637. The summed E-state index contributed by atoms with van der Waals surface area (Å²) in [7, 11) is 0. The van der Waals surface area contributed by atoms with Gasteiger partial charge >= 0.3 is 0 Å². The molecule has 1 atom stereocenters. The van der Waals surface area contributed by atoms with Gasteiger partial charge < -0.3 is 0 Å². The van der Waals surface area contributed by atoms with Gasteiger partial charge in [-0.3, -0.25) is 4.84 Å². The van der Waals surface area contributed by atoms with E-state index in [1.807, 2.05) is 29.5 Å². The van der Waals surface area contributed by atoms with Crippen molar-refractivity contribution in [3.05, 3.63) is 71.4 Å². The molecule has 2 heterocycles. The zero-order valence-corrected chi connectivity index (χ0v) is 12.5. The molecule has 0 saturated carbocycles. The van der Waals surface area contributed by atoms with Crippen LogP contribution in [0.2, 0.25) is 0 Å². The summed E-state index contributed by atoms with van der Waals surface area (Å²) in [5, 5.41) is 1.88. The van der Waals surface area contributed by atoms with Gasteiger partial charge in [-0.15, -0.1) is 0 Å². The summed E-state index contributed by atoms with van der Waals surface area (Å²) < 4.78 is 0. The van der Waals surface area contributed by atoms with Crippen LogP contribution >= 0.6 is 0 Å². The maximum absolute atomic E-state index is 6.22. The van der Waals surface area contributed by atoms with Gasteiger partial charge in [0.15, 0.2) is 5.82 Å². The van der Waals surface area contributed by atoms with Crippen LogP contribution in [0.25, 0.3) is 0 Å². The van der Waals surface area contributed by atoms with Crippen LogP contribution in [0.1, 0.15) is 30.6 Å². The minimum absolute atomic E-state index is 0.0211. The lowest BCUT2D eigenvalue weighted by atomic mass is 9.98. The van der Waals surface area contributed by atoms with E-state index in [2.05, 4.69) is 49.2 Å². The van der Waals surface area contributed by atoms with E-state index in [-0.39, 0.29) is 6.10 Å². The monoisotopic (exact) mass is 280 g/mol. The summed E-state index contributed by atoms with van der Waals surface area (Å²) in [6, 6.07) is 14.4. The second-order valence-electron chi connectivity index (χ2n) is 5.28. The van der Waals surface area contributed by atoms with E-state index in [0.717, 1.165) is 18.8 Å². The van der Waals surface area contributed by atoms with Crippen molar-refractivity contribution in [2.24, 2.45) is 0 Å². The smallest absolute Gasteiger partial charge is 0.152 e. The maximum Gasteiger partial charge on any atom is 0.152 e. The fraction of sp³-hybridized carbons (Fsp3) is 0.278. The van der Waals surface area contributed by atoms with Crippen LogP contribution in [-0.2, 0) is 4.84 Å². The van der Waals surface area contributed by atoms with Crippen molar-refractivity contribution in [3.8, 4) is 0 Å². The molecule has 0 spiro atoms. The van der Waals surface area contributed by atoms with Crippen molar-refractivity contribution in [2.45, 2.75) is 26.4 Å². The highest BCUT2D eigenvalue weighted by molar-refractivity contribution is 5.41. The number of nitrogens with zero attached hydrogens (tertiary/aromatic N) is 2. The minimum Gasteiger partial charge on any atom is -0.259 e. The van der Waals surface area contributed by atoms with E-state index < -0.39 is 0 Å². The van der Waals surface area contributed by atoms with Crippen LogP contribution in [0.3, 0.4) is 0 Å². The van der Waals surface area contributed by atoms with Crippen LogP contribution in [0.5, 0.6) is 0 Å². The minimum atomic E-state index is -0.0211. The number of aryl methyl sites for hydroxylation is 1. The molecule has 0 radical (unpaired) electrons. The molecule has 1 aromatic carbocycles. The Hall–Kier alpha value is -2.13. The SMILES string of the molecule is CCC1=CCN(c2cc(C)ccn2)O[C@@H]1c1ccccc1. The Morgan fingerprint density at radius 2 is 2.05 bits per heavy atom. The summed E-state index contributed by atoms with van der Waals surface area (Å²) in [5.41, 5.74) is 3.69. The standard InChI is InChI=1S/C18H20N2O/c1-3-15-10-12-20(17-13-14(2)9-11-19-17)21-18(15)16-7-5-4-6-8-16/h4-11,13,18H,3,12H2,1-2H3/t18-/m0/s1. The molecule has 2 aromatic rings. The summed E-state index contributed by atoms with van der Waals surface area (Å²) >= 11 is 0. The molecule has 0 saturated heterocycles. The van der Waals surface area contributed by atoms with Crippen molar-refractivity contribution in [1.29, 1.82) is 0 Å². The van der Waals surface area contributed by atoms with Crippen molar-refractivity contribution >= 4 is 5.82 Å². The molecule has 0 fully saturated rings. The Balaban J connectivity index is 1.90. The second kappa shape index (κ2) is 6.10. The van der Waals surface area contributed by atoms with Gasteiger partial charge in [0.1, 0.15) is 6.10 Å². The predicted octanol–water partition coefficient (Wildman–Crippen LogP) is 4.22. The third kappa shape index (κ3) is 2.98. The third-order valence-corrected chi connectivity index (χ3v) is 3.76. The quantitative estimate of drug-likeness (QED) is 0.787. The Labute approximate surface area is 125 Å². The molecule has 1 aromatic heterocycles. The first-order chi connectivity index (χ1) is 10.3. The van der Waals surface area contributed by atoms with E-state index >= 15 is 0 Å². The molecule has 3 nitrogen and oxygen atoms in total. The Morgan fingerprint density at radius 3 is 2.76 bits per heavy atom.